The number of amides is 1. The maximum atomic E-state index is 12.7. The Kier molecular flexibility index (Phi) is 6.39. The summed E-state index contributed by atoms with van der Waals surface area (Å²) >= 11 is 0. The number of rotatable bonds is 7. The molecule has 0 aliphatic rings. The summed E-state index contributed by atoms with van der Waals surface area (Å²) in [7, 11) is -0.544. The smallest absolute Gasteiger partial charge is 0.253 e. The summed E-state index contributed by atoms with van der Waals surface area (Å²) in [6, 6.07) is 13.2. The number of ether oxygens (including phenoxy) is 1. The molecule has 6 nitrogen and oxygen atoms in total. The average Bonchev–Trinajstić information content (AvgIpc) is 2.66. The molecule has 0 spiro atoms. The molecule has 1 amide bonds. The molecule has 0 aromatic heterocycles. The Balaban J connectivity index is 2.22. The van der Waals surface area contributed by atoms with Crippen molar-refractivity contribution in [3.05, 3.63) is 59.7 Å². The third-order valence-corrected chi connectivity index (χ3v) is 5.10. The molecule has 0 radical (unpaired) electrons. The molecular formula is C19H20N2O4S. The van der Waals surface area contributed by atoms with Crippen LogP contribution in [-0.4, -0.2) is 39.9 Å². The second kappa shape index (κ2) is 8.52. The number of terminal acetylenes is 1. The van der Waals surface area contributed by atoms with Crippen LogP contribution in [0.15, 0.2) is 53.4 Å². The van der Waals surface area contributed by atoms with E-state index < -0.39 is 10.0 Å². The normalized spacial score (nSPS) is 10.8. The lowest BCUT2D eigenvalue weighted by Gasteiger charge is -2.19. The fourth-order valence-corrected chi connectivity index (χ4v) is 3.38. The minimum Gasteiger partial charge on any atom is -0.496 e. The van der Waals surface area contributed by atoms with Gasteiger partial charge in [-0.2, -0.15) is 4.72 Å². The molecule has 2 aromatic rings. The van der Waals surface area contributed by atoms with E-state index in [1.54, 1.807) is 20.2 Å². The van der Waals surface area contributed by atoms with Gasteiger partial charge in [0.25, 0.3) is 5.91 Å². The Morgan fingerprint density at radius 3 is 2.65 bits per heavy atom. The Bertz CT molecular complexity index is 933. The first-order valence-corrected chi connectivity index (χ1v) is 9.28. The number of hydrogen-bond acceptors (Lipinski definition) is 4. The van der Waals surface area contributed by atoms with Crippen molar-refractivity contribution in [1.82, 2.24) is 9.62 Å². The van der Waals surface area contributed by atoms with Crippen LogP contribution >= 0.6 is 0 Å². The van der Waals surface area contributed by atoms with Crippen molar-refractivity contribution in [3.63, 3.8) is 0 Å². The summed E-state index contributed by atoms with van der Waals surface area (Å²) in [5.74, 6) is 2.59. The molecule has 0 saturated carbocycles. The van der Waals surface area contributed by atoms with E-state index >= 15 is 0 Å². The first kappa shape index (κ1) is 19.5. The lowest BCUT2D eigenvalue weighted by atomic mass is 10.1. The van der Waals surface area contributed by atoms with E-state index in [4.69, 9.17) is 11.2 Å². The summed E-state index contributed by atoms with van der Waals surface area (Å²) in [6.45, 7) is 0.212. The summed E-state index contributed by atoms with van der Waals surface area (Å²) in [5.41, 5.74) is 1.12. The molecule has 0 saturated heterocycles. The van der Waals surface area contributed by atoms with Crippen LogP contribution in [0.5, 0.6) is 5.75 Å². The molecule has 2 aromatic carbocycles. The predicted molar refractivity (Wildman–Crippen MR) is 99.3 cm³/mol. The molecule has 26 heavy (non-hydrogen) atoms. The van der Waals surface area contributed by atoms with Crippen molar-refractivity contribution in [2.24, 2.45) is 0 Å². The highest BCUT2D eigenvalue weighted by Gasteiger charge is 2.18. The first-order valence-electron chi connectivity index (χ1n) is 7.79. The van der Waals surface area contributed by atoms with Crippen molar-refractivity contribution >= 4 is 15.9 Å². The van der Waals surface area contributed by atoms with E-state index in [-0.39, 0.29) is 22.9 Å². The molecular weight excluding hydrogens is 352 g/mol. The minimum atomic E-state index is -3.76. The fourth-order valence-electron chi connectivity index (χ4n) is 2.40. The SMILES string of the molecule is C#CCNS(=O)(=O)c1cccc(C(=O)N(C)Cc2ccccc2OC)c1. The zero-order valence-corrected chi connectivity index (χ0v) is 15.4. The summed E-state index contributed by atoms with van der Waals surface area (Å²) in [5, 5.41) is 0. The van der Waals surface area contributed by atoms with E-state index in [2.05, 4.69) is 10.6 Å². The minimum absolute atomic E-state index is 0.00992. The van der Waals surface area contributed by atoms with Crippen molar-refractivity contribution in [3.8, 4) is 18.1 Å². The molecule has 0 bridgehead atoms. The van der Waals surface area contributed by atoms with Crippen molar-refractivity contribution in [2.45, 2.75) is 11.4 Å². The van der Waals surface area contributed by atoms with Crippen LogP contribution in [0.1, 0.15) is 15.9 Å². The summed E-state index contributed by atoms with van der Waals surface area (Å²) in [6.07, 6.45) is 5.08. The second-order valence-electron chi connectivity index (χ2n) is 5.53. The number of methoxy groups -OCH3 is 1. The first-order chi connectivity index (χ1) is 12.4. The number of hydrogen-bond donors (Lipinski definition) is 1. The van der Waals surface area contributed by atoms with Crippen molar-refractivity contribution in [2.75, 3.05) is 20.7 Å². The topological polar surface area (TPSA) is 75.7 Å². The van der Waals surface area contributed by atoms with Crippen LogP contribution in [0.4, 0.5) is 0 Å². The van der Waals surface area contributed by atoms with Crippen LogP contribution in [0.3, 0.4) is 0 Å². The van der Waals surface area contributed by atoms with Gasteiger partial charge in [-0.25, -0.2) is 8.42 Å². The highest BCUT2D eigenvalue weighted by Crippen LogP contribution is 2.20. The highest BCUT2D eigenvalue weighted by atomic mass is 32.2. The van der Waals surface area contributed by atoms with Gasteiger partial charge in [-0.15, -0.1) is 6.42 Å². The standard InChI is InChI=1S/C19H20N2O4S/c1-4-12-20-26(23,24)17-10-7-9-15(13-17)19(22)21(2)14-16-8-5-6-11-18(16)25-3/h1,5-11,13,20H,12,14H2,2-3H3. The van der Waals surface area contributed by atoms with Gasteiger partial charge in [-0.3, -0.25) is 4.79 Å². The largest absolute Gasteiger partial charge is 0.496 e. The van der Waals surface area contributed by atoms with Gasteiger partial charge in [-0.1, -0.05) is 30.2 Å². The fraction of sp³-hybridized carbons (Fsp3) is 0.211. The van der Waals surface area contributed by atoms with Crippen LogP contribution in [0, 0.1) is 12.3 Å². The Hall–Kier alpha value is -2.82. The number of benzene rings is 2. The van der Waals surface area contributed by atoms with Gasteiger partial charge in [0.15, 0.2) is 0 Å². The zero-order valence-electron chi connectivity index (χ0n) is 14.6. The van der Waals surface area contributed by atoms with Gasteiger partial charge < -0.3 is 9.64 Å². The molecule has 0 fully saturated rings. The molecule has 7 heteroatoms. The molecule has 1 N–H and O–H groups in total. The van der Waals surface area contributed by atoms with E-state index in [1.165, 1.54) is 23.1 Å². The maximum Gasteiger partial charge on any atom is 0.253 e. The molecule has 2 rings (SSSR count). The molecule has 0 heterocycles. The van der Waals surface area contributed by atoms with Gasteiger partial charge in [0.05, 0.1) is 18.6 Å². The lowest BCUT2D eigenvalue weighted by Crippen LogP contribution is -2.27. The number of carbonyl (C=O) groups is 1. The quantitative estimate of drug-likeness (QED) is 0.753. The van der Waals surface area contributed by atoms with Crippen LogP contribution in [0.25, 0.3) is 0 Å². The molecule has 0 aliphatic heterocycles. The maximum absolute atomic E-state index is 12.7. The van der Waals surface area contributed by atoms with Gasteiger partial charge in [0.2, 0.25) is 10.0 Å². The number of nitrogens with one attached hydrogen (secondary N) is 1. The van der Waals surface area contributed by atoms with Gasteiger partial charge in [-0.05, 0) is 24.3 Å². The third-order valence-electron chi connectivity index (χ3n) is 3.70. The second-order valence-corrected chi connectivity index (χ2v) is 7.30. The van der Waals surface area contributed by atoms with E-state index in [0.29, 0.717) is 12.3 Å². The van der Waals surface area contributed by atoms with Crippen LogP contribution < -0.4 is 9.46 Å². The molecule has 0 aliphatic carbocycles. The van der Waals surface area contributed by atoms with E-state index in [1.807, 2.05) is 24.3 Å². The van der Waals surface area contributed by atoms with Gasteiger partial charge in [0, 0.05) is 24.7 Å². The highest BCUT2D eigenvalue weighted by molar-refractivity contribution is 7.89. The monoisotopic (exact) mass is 372 g/mol. The van der Waals surface area contributed by atoms with E-state index in [0.717, 1.165) is 5.56 Å². The molecule has 0 unspecified atom stereocenters. The third kappa shape index (κ3) is 4.63. The number of para-hydroxylation sites is 1. The molecule has 136 valence electrons. The van der Waals surface area contributed by atoms with Crippen molar-refractivity contribution < 1.29 is 17.9 Å². The van der Waals surface area contributed by atoms with Crippen LogP contribution in [-0.2, 0) is 16.6 Å². The Morgan fingerprint density at radius 1 is 1.23 bits per heavy atom. The Morgan fingerprint density at radius 2 is 1.96 bits per heavy atom. The van der Waals surface area contributed by atoms with Gasteiger partial charge >= 0.3 is 0 Å². The number of nitrogens with zero attached hydrogens (tertiary/aromatic N) is 1. The predicted octanol–water partition coefficient (Wildman–Crippen LogP) is 1.88. The Labute approximate surface area is 153 Å². The lowest BCUT2D eigenvalue weighted by molar-refractivity contribution is 0.0784. The summed E-state index contributed by atoms with van der Waals surface area (Å²) < 4.78 is 31.9. The average molecular weight is 372 g/mol. The molecule has 0 atom stereocenters. The van der Waals surface area contributed by atoms with E-state index in [9.17, 15) is 13.2 Å². The van der Waals surface area contributed by atoms with Crippen LogP contribution in [0.2, 0.25) is 0 Å². The summed E-state index contributed by atoms with van der Waals surface area (Å²) in [4.78, 5) is 14.2. The zero-order chi connectivity index (χ0) is 19.2. The number of carbonyl (C=O) groups excluding carboxylic acids is 1. The van der Waals surface area contributed by atoms with Crippen molar-refractivity contribution in [1.29, 1.82) is 0 Å². The van der Waals surface area contributed by atoms with Gasteiger partial charge in [0.1, 0.15) is 5.75 Å². The number of sulfonamides is 1.